The SMILES string of the molecule is CCNc1ncnc(NNC(=O)c2ccc(OC)cc2)c1[N+](=O)[O-]. The number of nitro groups is 1. The van der Waals surface area contributed by atoms with E-state index in [0.717, 1.165) is 6.33 Å². The first-order chi connectivity index (χ1) is 11.6. The third kappa shape index (κ3) is 3.85. The minimum atomic E-state index is -0.625. The van der Waals surface area contributed by atoms with E-state index in [0.29, 0.717) is 17.9 Å². The summed E-state index contributed by atoms with van der Waals surface area (Å²) in [5, 5.41) is 14.0. The Morgan fingerprint density at radius 2 is 1.92 bits per heavy atom. The van der Waals surface area contributed by atoms with Crippen molar-refractivity contribution in [2.75, 3.05) is 24.4 Å². The van der Waals surface area contributed by atoms with Crippen LogP contribution in [-0.4, -0.2) is 34.5 Å². The maximum absolute atomic E-state index is 12.1. The first-order valence-corrected chi connectivity index (χ1v) is 7.00. The summed E-state index contributed by atoms with van der Waals surface area (Å²) >= 11 is 0. The summed E-state index contributed by atoms with van der Waals surface area (Å²) in [6.45, 7) is 2.24. The third-order valence-corrected chi connectivity index (χ3v) is 3.00. The van der Waals surface area contributed by atoms with Crippen molar-refractivity contribution >= 4 is 23.2 Å². The van der Waals surface area contributed by atoms with Crippen LogP contribution in [0.1, 0.15) is 17.3 Å². The zero-order chi connectivity index (χ0) is 17.5. The second-order valence-electron chi connectivity index (χ2n) is 4.51. The molecular weight excluding hydrogens is 316 g/mol. The summed E-state index contributed by atoms with van der Waals surface area (Å²) in [5.74, 6) is 0.0864. The van der Waals surface area contributed by atoms with Gasteiger partial charge in [0, 0.05) is 12.1 Å². The highest BCUT2D eigenvalue weighted by Crippen LogP contribution is 2.28. The number of aromatic nitrogens is 2. The Kier molecular flexibility index (Phi) is 5.45. The third-order valence-electron chi connectivity index (χ3n) is 3.00. The first kappa shape index (κ1) is 16.9. The number of carbonyl (C=O) groups excluding carboxylic acids is 1. The fraction of sp³-hybridized carbons (Fsp3) is 0.214. The number of hydrogen-bond donors (Lipinski definition) is 3. The van der Waals surface area contributed by atoms with Crippen LogP contribution in [-0.2, 0) is 0 Å². The number of rotatable bonds is 7. The van der Waals surface area contributed by atoms with Gasteiger partial charge in [-0.2, -0.15) is 0 Å². The van der Waals surface area contributed by atoms with Gasteiger partial charge in [0.15, 0.2) is 0 Å². The first-order valence-electron chi connectivity index (χ1n) is 7.00. The lowest BCUT2D eigenvalue weighted by Gasteiger charge is -2.10. The Bertz CT molecular complexity index is 735. The molecule has 1 aromatic heterocycles. The highest BCUT2D eigenvalue weighted by atomic mass is 16.6. The van der Waals surface area contributed by atoms with Gasteiger partial charge in [0.1, 0.15) is 12.1 Å². The molecule has 0 fully saturated rings. The summed E-state index contributed by atoms with van der Waals surface area (Å²) in [6, 6.07) is 6.39. The van der Waals surface area contributed by atoms with Crippen LogP contribution in [0.4, 0.5) is 17.3 Å². The number of hydrogen-bond acceptors (Lipinski definition) is 8. The van der Waals surface area contributed by atoms with Gasteiger partial charge in [-0.1, -0.05) is 0 Å². The number of nitrogens with zero attached hydrogens (tertiary/aromatic N) is 3. The predicted octanol–water partition coefficient (Wildman–Crippen LogP) is 1.58. The average molecular weight is 332 g/mol. The highest BCUT2D eigenvalue weighted by molar-refractivity contribution is 5.95. The molecule has 0 atom stereocenters. The predicted molar refractivity (Wildman–Crippen MR) is 86.9 cm³/mol. The maximum atomic E-state index is 12.1. The minimum absolute atomic E-state index is 0.0682. The van der Waals surface area contributed by atoms with Crippen LogP contribution >= 0.6 is 0 Å². The van der Waals surface area contributed by atoms with E-state index in [1.54, 1.807) is 31.2 Å². The number of ether oxygens (including phenoxy) is 1. The van der Waals surface area contributed by atoms with Gasteiger partial charge in [-0.05, 0) is 31.2 Å². The standard InChI is InChI=1S/C14H16N6O4/c1-3-15-12-11(20(22)23)13(17-8-16-12)18-19-14(21)9-4-6-10(24-2)7-5-9/h4-8H,3H2,1-2H3,(H,19,21)(H2,15,16,17,18). The Balaban J connectivity index is 2.14. The van der Waals surface area contributed by atoms with Gasteiger partial charge >= 0.3 is 5.69 Å². The number of benzene rings is 1. The van der Waals surface area contributed by atoms with E-state index >= 15 is 0 Å². The molecule has 0 aliphatic heterocycles. The van der Waals surface area contributed by atoms with Crippen LogP contribution in [0.3, 0.4) is 0 Å². The maximum Gasteiger partial charge on any atom is 0.354 e. The molecule has 1 aromatic carbocycles. The smallest absolute Gasteiger partial charge is 0.354 e. The zero-order valence-electron chi connectivity index (χ0n) is 13.1. The van der Waals surface area contributed by atoms with E-state index in [9.17, 15) is 14.9 Å². The normalized spacial score (nSPS) is 9.92. The molecule has 1 heterocycles. The molecule has 10 heteroatoms. The largest absolute Gasteiger partial charge is 0.497 e. The van der Waals surface area contributed by atoms with Crippen LogP contribution in [0.25, 0.3) is 0 Å². The van der Waals surface area contributed by atoms with Gasteiger partial charge in [0.25, 0.3) is 5.91 Å². The van der Waals surface area contributed by atoms with Crippen molar-refractivity contribution in [2.24, 2.45) is 0 Å². The van der Waals surface area contributed by atoms with Crippen LogP contribution in [0.2, 0.25) is 0 Å². The van der Waals surface area contributed by atoms with E-state index in [1.807, 2.05) is 0 Å². The fourth-order valence-electron chi connectivity index (χ4n) is 1.87. The Morgan fingerprint density at radius 3 is 2.50 bits per heavy atom. The highest BCUT2D eigenvalue weighted by Gasteiger charge is 2.23. The molecule has 0 aliphatic carbocycles. The lowest BCUT2D eigenvalue weighted by atomic mass is 10.2. The summed E-state index contributed by atoms with van der Waals surface area (Å²) in [5.41, 5.74) is 4.82. The molecule has 10 nitrogen and oxygen atoms in total. The second-order valence-corrected chi connectivity index (χ2v) is 4.51. The molecule has 3 N–H and O–H groups in total. The van der Waals surface area contributed by atoms with Gasteiger partial charge < -0.3 is 10.1 Å². The van der Waals surface area contributed by atoms with Crippen molar-refractivity contribution < 1.29 is 14.5 Å². The second kappa shape index (κ2) is 7.72. The van der Waals surface area contributed by atoms with E-state index in [1.165, 1.54) is 7.11 Å². The molecule has 2 aromatic rings. The Labute approximate surface area is 137 Å². The molecule has 1 amide bonds. The van der Waals surface area contributed by atoms with Crippen molar-refractivity contribution in [2.45, 2.75) is 6.92 Å². The summed E-state index contributed by atoms with van der Waals surface area (Å²) in [6.07, 6.45) is 1.16. The lowest BCUT2D eigenvalue weighted by Crippen LogP contribution is -2.30. The van der Waals surface area contributed by atoms with Crippen molar-refractivity contribution in [3.63, 3.8) is 0 Å². The number of nitrogens with one attached hydrogen (secondary N) is 3. The van der Waals surface area contributed by atoms with Crippen LogP contribution < -0.4 is 20.9 Å². The molecule has 2 rings (SSSR count). The molecule has 0 spiro atoms. The van der Waals surface area contributed by atoms with Crippen LogP contribution in [0.5, 0.6) is 5.75 Å². The van der Waals surface area contributed by atoms with E-state index < -0.39 is 10.8 Å². The summed E-state index contributed by atoms with van der Waals surface area (Å²) in [4.78, 5) is 30.3. The lowest BCUT2D eigenvalue weighted by molar-refractivity contribution is -0.383. The molecule has 0 saturated carbocycles. The molecule has 126 valence electrons. The molecule has 0 aliphatic rings. The van der Waals surface area contributed by atoms with E-state index in [2.05, 4.69) is 26.1 Å². The number of hydrazine groups is 1. The number of carbonyl (C=O) groups is 1. The fourth-order valence-corrected chi connectivity index (χ4v) is 1.87. The van der Waals surface area contributed by atoms with Gasteiger partial charge in [-0.3, -0.25) is 25.8 Å². The Hall–Kier alpha value is -3.43. The van der Waals surface area contributed by atoms with Gasteiger partial charge in [-0.25, -0.2) is 9.97 Å². The van der Waals surface area contributed by atoms with Crippen molar-refractivity contribution in [1.29, 1.82) is 0 Å². The van der Waals surface area contributed by atoms with Gasteiger partial charge in [-0.15, -0.1) is 0 Å². The minimum Gasteiger partial charge on any atom is -0.497 e. The molecule has 0 unspecified atom stereocenters. The van der Waals surface area contributed by atoms with E-state index in [4.69, 9.17) is 4.74 Å². The Morgan fingerprint density at radius 1 is 1.25 bits per heavy atom. The summed E-state index contributed by atoms with van der Waals surface area (Å²) in [7, 11) is 1.52. The zero-order valence-corrected chi connectivity index (χ0v) is 13.1. The quantitative estimate of drug-likeness (QED) is 0.514. The average Bonchev–Trinajstić information content (AvgIpc) is 2.59. The van der Waals surface area contributed by atoms with Crippen molar-refractivity contribution in [3.8, 4) is 5.75 Å². The number of amides is 1. The monoisotopic (exact) mass is 332 g/mol. The number of anilines is 2. The molecule has 0 bridgehead atoms. The van der Waals surface area contributed by atoms with Gasteiger partial charge in [0.05, 0.1) is 12.0 Å². The number of methoxy groups -OCH3 is 1. The van der Waals surface area contributed by atoms with E-state index in [-0.39, 0.29) is 17.3 Å². The van der Waals surface area contributed by atoms with Crippen molar-refractivity contribution in [3.05, 3.63) is 46.3 Å². The molecule has 0 radical (unpaired) electrons. The molecule has 24 heavy (non-hydrogen) atoms. The topological polar surface area (TPSA) is 131 Å². The van der Waals surface area contributed by atoms with Gasteiger partial charge in [0.2, 0.25) is 11.6 Å². The van der Waals surface area contributed by atoms with Crippen molar-refractivity contribution in [1.82, 2.24) is 15.4 Å². The van der Waals surface area contributed by atoms with Crippen LogP contribution in [0, 0.1) is 10.1 Å². The molecule has 0 saturated heterocycles. The summed E-state index contributed by atoms with van der Waals surface area (Å²) < 4.78 is 5.01. The molecular formula is C14H16N6O4. The van der Waals surface area contributed by atoms with Crippen LogP contribution in [0.15, 0.2) is 30.6 Å².